The van der Waals surface area contributed by atoms with Crippen LogP contribution in [0.2, 0.25) is 0 Å². The van der Waals surface area contributed by atoms with Gasteiger partial charge in [-0.1, -0.05) is 6.42 Å². The Balaban J connectivity index is 1.83. The third-order valence-electron chi connectivity index (χ3n) is 2.21. The molecule has 0 N–H and O–H groups in total. The summed E-state index contributed by atoms with van der Waals surface area (Å²) in [6, 6.07) is 0. The van der Waals surface area contributed by atoms with Crippen molar-refractivity contribution < 1.29 is 0 Å². The van der Waals surface area contributed by atoms with Crippen LogP contribution in [-0.2, 0) is 0 Å². The molecule has 1 fully saturated rings. The predicted octanol–water partition coefficient (Wildman–Crippen LogP) is 0.893. The number of aliphatic imine (C=N–C) groups is 1. The highest BCUT2D eigenvalue weighted by molar-refractivity contribution is 5.61. The van der Waals surface area contributed by atoms with E-state index in [1.165, 1.54) is 25.8 Å². The molecule has 0 bridgehead atoms. The molecule has 3 nitrogen and oxygen atoms in total. The van der Waals surface area contributed by atoms with Crippen molar-refractivity contribution in [3.8, 4) is 0 Å². The van der Waals surface area contributed by atoms with Crippen molar-refractivity contribution in [1.29, 1.82) is 0 Å². The molecular formula is C8H14N3. The molecule has 3 heteroatoms. The molecule has 1 radical (unpaired) electrons. The van der Waals surface area contributed by atoms with Crippen LogP contribution in [0.4, 0.5) is 0 Å². The van der Waals surface area contributed by atoms with Crippen LogP contribution in [0.15, 0.2) is 4.99 Å². The molecule has 11 heavy (non-hydrogen) atoms. The molecule has 0 aromatic rings. The number of hydrazine groups is 1. The summed E-state index contributed by atoms with van der Waals surface area (Å²) in [5.74, 6) is 0. The van der Waals surface area contributed by atoms with Crippen molar-refractivity contribution in [1.82, 2.24) is 10.0 Å². The first kappa shape index (κ1) is 7.25. The highest BCUT2D eigenvalue weighted by Gasteiger charge is 2.18. The summed E-state index contributed by atoms with van der Waals surface area (Å²) in [6.45, 7) is 5.33. The maximum atomic E-state index is 4.18. The van der Waals surface area contributed by atoms with Crippen LogP contribution in [0.5, 0.6) is 0 Å². The quantitative estimate of drug-likeness (QED) is 0.555. The van der Waals surface area contributed by atoms with Crippen molar-refractivity contribution in [2.45, 2.75) is 19.3 Å². The standard InChI is InChI=1S/C8H14N3/c1-2-5-10(6-3-1)11-7-4-9-8-11/h4-5H,1-3,6-8H2. The van der Waals surface area contributed by atoms with E-state index in [1.807, 2.05) is 6.21 Å². The molecule has 2 rings (SSSR count). The Labute approximate surface area is 67.7 Å². The van der Waals surface area contributed by atoms with Crippen molar-refractivity contribution in [2.75, 3.05) is 19.8 Å². The minimum Gasteiger partial charge on any atom is -0.279 e. The lowest BCUT2D eigenvalue weighted by atomic mass is 10.2. The van der Waals surface area contributed by atoms with Crippen LogP contribution in [-0.4, -0.2) is 36.0 Å². The molecule has 61 valence electrons. The Bertz CT molecular complexity index is 141. The van der Waals surface area contributed by atoms with E-state index in [0.29, 0.717) is 0 Å². The van der Waals surface area contributed by atoms with Gasteiger partial charge in [-0.05, 0) is 12.8 Å². The van der Waals surface area contributed by atoms with Crippen LogP contribution >= 0.6 is 0 Å². The monoisotopic (exact) mass is 152 g/mol. The predicted molar refractivity (Wildman–Crippen MR) is 44.9 cm³/mol. The van der Waals surface area contributed by atoms with E-state index in [2.05, 4.69) is 21.6 Å². The van der Waals surface area contributed by atoms with Crippen molar-refractivity contribution in [3.05, 3.63) is 6.54 Å². The maximum absolute atomic E-state index is 4.18. The van der Waals surface area contributed by atoms with E-state index >= 15 is 0 Å². The van der Waals surface area contributed by atoms with Gasteiger partial charge < -0.3 is 0 Å². The summed E-state index contributed by atoms with van der Waals surface area (Å²) in [4.78, 5) is 4.18. The lowest BCUT2D eigenvalue weighted by molar-refractivity contribution is 0.0139. The summed E-state index contributed by atoms with van der Waals surface area (Å²) in [7, 11) is 0. The second-order valence-corrected chi connectivity index (χ2v) is 3.04. The van der Waals surface area contributed by atoms with Crippen LogP contribution in [0.3, 0.4) is 0 Å². The van der Waals surface area contributed by atoms with Gasteiger partial charge in [-0.15, -0.1) is 0 Å². The van der Waals surface area contributed by atoms with E-state index in [1.54, 1.807) is 0 Å². The molecule has 0 aliphatic carbocycles. The Morgan fingerprint density at radius 3 is 2.91 bits per heavy atom. The molecular weight excluding hydrogens is 138 g/mol. The van der Waals surface area contributed by atoms with Crippen LogP contribution in [0.25, 0.3) is 0 Å². The van der Waals surface area contributed by atoms with Gasteiger partial charge in [0.2, 0.25) is 0 Å². The largest absolute Gasteiger partial charge is 0.279 e. The SMILES string of the molecule is [CH]1CCCCN1N1CC=NC1. The van der Waals surface area contributed by atoms with Crippen molar-refractivity contribution >= 4 is 6.21 Å². The fraction of sp³-hybridized carbons (Fsp3) is 0.750. The molecule has 1 saturated heterocycles. The fourth-order valence-electron chi connectivity index (χ4n) is 1.55. The van der Waals surface area contributed by atoms with Gasteiger partial charge in [0.1, 0.15) is 6.67 Å². The smallest absolute Gasteiger partial charge is 0.104 e. The van der Waals surface area contributed by atoms with Gasteiger partial charge in [0.05, 0.1) is 6.54 Å². The van der Waals surface area contributed by atoms with Crippen molar-refractivity contribution in [2.24, 2.45) is 4.99 Å². The van der Waals surface area contributed by atoms with Gasteiger partial charge in [0, 0.05) is 19.3 Å². The van der Waals surface area contributed by atoms with E-state index in [-0.39, 0.29) is 0 Å². The first-order valence-corrected chi connectivity index (χ1v) is 4.30. The van der Waals surface area contributed by atoms with Gasteiger partial charge in [0.25, 0.3) is 0 Å². The van der Waals surface area contributed by atoms with Gasteiger partial charge in [0.15, 0.2) is 0 Å². The minimum absolute atomic E-state index is 0.858. The number of nitrogens with zero attached hydrogens (tertiary/aromatic N) is 3. The Kier molecular flexibility index (Phi) is 2.19. The zero-order valence-corrected chi connectivity index (χ0v) is 6.74. The number of hydrogen-bond donors (Lipinski definition) is 0. The molecule has 0 atom stereocenters. The lowest BCUT2D eigenvalue weighted by Crippen LogP contribution is -2.41. The van der Waals surface area contributed by atoms with Gasteiger partial charge in [-0.25, -0.2) is 10.0 Å². The Morgan fingerprint density at radius 1 is 1.27 bits per heavy atom. The molecule has 2 aliphatic heterocycles. The fourth-order valence-corrected chi connectivity index (χ4v) is 1.55. The summed E-state index contributed by atoms with van der Waals surface area (Å²) in [5, 5.41) is 4.59. The van der Waals surface area contributed by atoms with E-state index in [4.69, 9.17) is 0 Å². The average molecular weight is 152 g/mol. The molecule has 0 amide bonds. The average Bonchev–Trinajstić information content (AvgIpc) is 2.58. The first-order valence-electron chi connectivity index (χ1n) is 4.30. The number of hydrogen-bond acceptors (Lipinski definition) is 3. The third kappa shape index (κ3) is 1.60. The molecule has 2 heterocycles. The van der Waals surface area contributed by atoms with E-state index in [9.17, 15) is 0 Å². The third-order valence-corrected chi connectivity index (χ3v) is 2.21. The molecule has 2 aliphatic rings. The topological polar surface area (TPSA) is 18.8 Å². The molecule has 0 saturated carbocycles. The van der Waals surface area contributed by atoms with Gasteiger partial charge in [-0.3, -0.25) is 4.99 Å². The maximum Gasteiger partial charge on any atom is 0.104 e. The summed E-state index contributed by atoms with van der Waals surface area (Å²) in [6.07, 6.45) is 5.90. The second kappa shape index (κ2) is 3.32. The molecule has 0 aromatic heterocycles. The lowest BCUT2D eigenvalue weighted by Gasteiger charge is -2.33. The Hall–Kier alpha value is -0.410. The summed E-state index contributed by atoms with van der Waals surface area (Å²) >= 11 is 0. The van der Waals surface area contributed by atoms with Crippen molar-refractivity contribution in [3.63, 3.8) is 0 Å². The first-order chi connectivity index (χ1) is 5.47. The Morgan fingerprint density at radius 2 is 2.27 bits per heavy atom. The van der Waals surface area contributed by atoms with E-state index < -0.39 is 0 Å². The number of rotatable bonds is 1. The van der Waals surface area contributed by atoms with Crippen LogP contribution < -0.4 is 0 Å². The normalized spacial score (nSPS) is 28.0. The molecule has 0 unspecified atom stereocenters. The van der Waals surface area contributed by atoms with E-state index in [0.717, 1.165) is 13.2 Å². The zero-order valence-electron chi connectivity index (χ0n) is 6.74. The summed E-state index contributed by atoms with van der Waals surface area (Å²) < 4.78 is 0. The van der Waals surface area contributed by atoms with Crippen LogP contribution in [0, 0.1) is 6.54 Å². The van der Waals surface area contributed by atoms with Crippen LogP contribution in [0.1, 0.15) is 19.3 Å². The minimum atomic E-state index is 0.858. The van der Waals surface area contributed by atoms with Gasteiger partial charge >= 0.3 is 0 Å². The molecule has 0 spiro atoms. The highest BCUT2D eigenvalue weighted by Crippen LogP contribution is 2.15. The number of piperidine rings is 1. The molecule has 0 aromatic carbocycles. The summed E-state index contributed by atoms with van der Waals surface area (Å²) in [5.41, 5.74) is 0. The van der Waals surface area contributed by atoms with Gasteiger partial charge in [-0.2, -0.15) is 0 Å². The second-order valence-electron chi connectivity index (χ2n) is 3.04. The highest BCUT2D eigenvalue weighted by atomic mass is 15.6. The zero-order chi connectivity index (χ0) is 7.52.